The topological polar surface area (TPSA) is 152 Å². The van der Waals surface area contributed by atoms with Crippen LogP contribution in [0.5, 0.6) is 0 Å². The van der Waals surface area contributed by atoms with Gasteiger partial charge in [0.25, 0.3) is 0 Å². The normalized spacial score (nSPS) is 14.5. The number of hydrogen-bond acceptors (Lipinski definition) is 9. The van der Waals surface area contributed by atoms with Crippen molar-refractivity contribution in [3.8, 4) is 18.2 Å². The van der Waals surface area contributed by atoms with E-state index in [1.54, 1.807) is 16.9 Å². The molecular formula is C32H28N10. The van der Waals surface area contributed by atoms with Crippen molar-refractivity contribution in [1.29, 1.82) is 15.8 Å². The Labute approximate surface area is 243 Å². The molecule has 1 atom stereocenters. The van der Waals surface area contributed by atoms with Gasteiger partial charge in [0.1, 0.15) is 17.8 Å². The van der Waals surface area contributed by atoms with Gasteiger partial charge in [-0.2, -0.15) is 15.8 Å². The lowest BCUT2D eigenvalue weighted by atomic mass is 9.96. The van der Waals surface area contributed by atoms with Crippen LogP contribution in [0.25, 0.3) is 21.8 Å². The van der Waals surface area contributed by atoms with E-state index in [9.17, 15) is 15.8 Å². The van der Waals surface area contributed by atoms with Crippen LogP contribution < -0.4 is 10.6 Å². The first-order valence-electron chi connectivity index (χ1n) is 13.7. The molecule has 0 aliphatic heterocycles. The van der Waals surface area contributed by atoms with Crippen LogP contribution in [-0.2, 0) is 5.54 Å². The smallest absolute Gasteiger partial charge is 0.150 e. The third-order valence-electron chi connectivity index (χ3n) is 7.49. The van der Waals surface area contributed by atoms with Crippen molar-refractivity contribution in [2.45, 2.75) is 45.2 Å². The Morgan fingerprint density at radius 1 is 1.00 bits per heavy atom. The molecule has 42 heavy (non-hydrogen) atoms. The second-order valence-electron chi connectivity index (χ2n) is 11.8. The zero-order chi connectivity index (χ0) is 29.5. The molecule has 2 aromatic carbocycles. The van der Waals surface area contributed by atoms with Gasteiger partial charge in [-0.1, -0.05) is 44.2 Å². The lowest BCUT2D eigenvalue weighted by molar-refractivity contribution is 0.443. The molecule has 2 N–H and O–H groups in total. The molecule has 1 unspecified atom stereocenters. The van der Waals surface area contributed by atoms with Crippen molar-refractivity contribution < 1.29 is 0 Å². The molecule has 3 heterocycles. The summed E-state index contributed by atoms with van der Waals surface area (Å²) in [5.41, 5.74) is 4.26. The number of nitrogens with zero attached hydrogens (tertiary/aromatic N) is 8. The molecule has 0 spiro atoms. The van der Waals surface area contributed by atoms with Crippen LogP contribution >= 0.6 is 0 Å². The van der Waals surface area contributed by atoms with Crippen molar-refractivity contribution in [3.63, 3.8) is 0 Å². The van der Waals surface area contributed by atoms with Crippen LogP contribution in [0.4, 0.5) is 11.4 Å². The number of nitriles is 3. The fourth-order valence-electron chi connectivity index (χ4n) is 5.09. The number of rotatable bonds is 7. The van der Waals surface area contributed by atoms with E-state index >= 15 is 0 Å². The Bertz CT molecular complexity index is 1950. The summed E-state index contributed by atoms with van der Waals surface area (Å²) in [5, 5.41) is 47.2. The molecule has 0 radical (unpaired) electrons. The number of pyridine rings is 2. The highest BCUT2D eigenvalue weighted by Crippen LogP contribution is 2.43. The molecule has 1 aliphatic carbocycles. The molecule has 1 aliphatic rings. The van der Waals surface area contributed by atoms with E-state index in [-0.39, 0.29) is 5.41 Å². The zero-order valence-electron chi connectivity index (χ0n) is 23.5. The van der Waals surface area contributed by atoms with Gasteiger partial charge in [0.15, 0.2) is 5.54 Å². The van der Waals surface area contributed by atoms with Crippen LogP contribution in [0.15, 0.2) is 61.1 Å². The maximum Gasteiger partial charge on any atom is 0.150 e. The quantitative estimate of drug-likeness (QED) is 0.255. The van der Waals surface area contributed by atoms with Gasteiger partial charge in [0.2, 0.25) is 0 Å². The van der Waals surface area contributed by atoms with Crippen LogP contribution in [0.3, 0.4) is 0 Å². The van der Waals surface area contributed by atoms with Gasteiger partial charge in [-0.3, -0.25) is 9.97 Å². The molecule has 0 saturated heterocycles. The van der Waals surface area contributed by atoms with Gasteiger partial charge in [-0.15, -0.1) is 5.10 Å². The summed E-state index contributed by atoms with van der Waals surface area (Å²) in [6, 6.07) is 19.9. The standard InChI is InChI=1S/C32H28N10/c1-31(2,3)19-38-29-21(15-34)16-37-28-20(14-33)12-22(13-25(28)29)39-30(24-6-4-8-26-23(24)7-5-11-36-26)27-17-42(41-40-27)32(18-35)9-10-32/h4-8,11-13,16-17,30,39H,9-10,19H2,1-3H3,(H,37,38). The van der Waals surface area contributed by atoms with Gasteiger partial charge in [-0.25, -0.2) is 4.68 Å². The molecule has 0 amide bonds. The summed E-state index contributed by atoms with van der Waals surface area (Å²) in [4.78, 5) is 9.00. The highest BCUT2D eigenvalue weighted by molar-refractivity contribution is 5.99. The molecule has 206 valence electrons. The maximum absolute atomic E-state index is 10.1. The van der Waals surface area contributed by atoms with Crippen molar-refractivity contribution in [1.82, 2.24) is 25.0 Å². The van der Waals surface area contributed by atoms with Gasteiger partial charge in [-0.05, 0) is 48.1 Å². The number of anilines is 2. The molecule has 1 fully saturated rings. The number of fused-ring (bicyclic) bond motifs is 2. The Hall–Kier alpha value is -5.53. The second kappa shape index (κ2) is 10.1. The number of nitrogens with one attached hydrogen (secondary N) is 2. The third kappa shape index (κ3) is 4.82. The van der Waals surface area contributed by atoms with Gasteiger partial charge >= 0.3 is 0 Å². The molecule has 10 nitrogen and oxygen atoms in total. The average molecular weight is 553 g/mol. The van der Waals surface area contributed by atoms with E-state index < -0.39 is 11.6 Å². The highest BCUT2D eigenvalue weighted by Gasteiger charge is 2.47. The summed E-state index contributed by atoms with van der Waals surface area (Å²) in [5.74, 6) is 0. The minimum Gasteiger partial charge on any atom is -0.383 e. The third-order valence-corrected chi connectivity index (χ3v) is 7.49. The van der Waals surface area contributed by atoms with E-state index in [1.165, 1.54) is 6.20 Å². The average Bonchev–Trinajstić information content (AvgIpc) is 3.64. The Kier molecular flexibility index (Phi) is 6.44. The predicted molar refractivity (Wildman–Crippen MR) is 159 cm³/mol. The summed E-state index contributed by atoms with van der Waals surface area (Å²) in [7, 11) is 0. The Balaban J connectivity index is 1.51. The lowest BCUT2D eigenvalue weighted by Gasteiger charge is -2.23. The van der Waals surface area contributed by atoms with Crippen LogP contribution in [0, 0.1) is 39.4 Å². The molecule has 10 heteroatoms. The predicted octanol–water partition coefficient (Wildman–Crippen LogP) is 5.79. The van der Waals surface area contributed by atoms with Crippen molar-refractivity contribution in [3.05, 3.63) is 83.4 Å². The van der Waals surface area contributed by atoms with Gasteiger partial charge < -0.3 is 10.6 Å². The highest BCUT2D eigenvalue weighted by atomic mass is 15.5. The fraction of sp³-hybridized carbons (Fsp3) is 0.281. The monoisotopic (exact) mass is 552 g/mol. The maximum atomic E-state index is 10.1. The Morgan fingerprint density at radius 2 is 1.81 bits per heavy atom. The van der Waals surface area contributed by atoms with Gasteiger partial charge in [0.05, 0.1) is 46.2 Å². The molecule has 0 bridgehead atoms. The van der Waals surface area contributed by atoms with Gasteiger partial charge in [0, 0.05) is 35.4 Å². The molecule has 1 saturated carbocycles. The van der Waals surface area contributed by atoms with E-state index in [0.29, 0.717) is 45.6 Å². The fourth-order valence-corrected chi connectivity index (χ4v) is 5.09. The van der Waals surface area contributed by atoms with Crippen molar-refractivity contribution in [2.75, 3.05) is 17.2 Å². The van der Waals surface area contributed by atoms with E-state index in [1.807, 2.05) is 42.6 Å². The van der Waals surface area contributed by atoms with Crippen molar-refractivity contribution >= 4 is 33.2 Å². The SMILES string of the molecule is CC(C)(C)CNc1c(C#N)cnc2c(C#N)cc(NC(c3cn(C4(C#N)CC4)nn3)c3cccc4ncccc34)cc12. The molecule has 5 aromatic rings. The second-order valence-corrected chi connectivity index (χ2v) is 11.8. The van der Waals surface area contributed by atoms with Crippen molar-refractivity contribution in [2.24, 2.45) is 5.41 Å². The minimum atomic E-state index is -0.653. The van der Waals surface area contributed by atoms with Crippen LogP contribution in [0.2, 0.25) is 0 Å². The number of hydrogen-bond donors (Lipinski definition) is 2. The lowest BCUT2D eigenvalue weighted by Crippen LogP contribution is -2.20. The first kappa shape index (κ1) is 26.7. The van der Waals surface area contributed by atoms with E-state index in [2.05, 4.69) is 69.9 Å². The summed E-state index contributed by atoms with van der Waals surface area (Å²) in [6.07, 6.45) is 6.55. The molecule has 6 rings (SSSR count). The molecular weight excluding hydrogens is 524 g/mol. The largest absolute Gasteiger partial charge is 0.383 e. The summed E-state index contributed by atoms with van der Waals surface area (Å²) in [6.45, 7) is 6.95. The number of aromatic nitrogens is 5. The zero-order valence-corrected chi connectivity index (χ0v) is 23.5. The first-order valence-corrected chi connectivity index (χ1v) is 13.7. The first-order chi connectivity index (χ1) is 20.2. The summed E-state index contributed by atoms with van der Waals surface area (Å²) >= 11 is 0. The van der Waals surface area contributed by atoms with Crippen LogP contribution in [-0.4, -0.2) is 31.5 Å². The Morgan fingerprint density at radius 3 is 2.52 bits per heavy atom. The number of benzene rings is 2. The van der Waals surface area contributed by atoms with E-state index in [4.69, 9.17) is 0 Å². The van der Waals surface area contributed by atoms with E-state index in [0.717, 1.165) is 29.3 Å². The summed E-state index contributed by atoms with van der Waals surface area (Å²) < 4.78 is 1.65. The van der Waals surface area contributed by atoms with Crippen LogP contribution in [0.1, 0.15) is 62.0 Å². The minimum absolute atomic E-state index is 0.0437. The molecule has 3 aromatic heterocycles.